The standard InChI is InChI=1S/C22H20ClN3O2/c1-14(2)15-6-10-17(11-7-15)24-21(27)19-4-3-5-20(26-19)22(28)25-18-12-8-16(23)9-13-18/h3-14H,1-2H3,(H,24,27)(H,25,28). The minimum absolute atomic E-state index is 0.151. The lowest BCUT2D eigenvalue weighted by Gasteiger charge is -2.09. The fraction of sp³-hybridized carbons (Fsp3) is 0.136. The predicted molar refractivity (Wildman–Crippen MR) is 112 cm³/mol. The smallest absolute Gasteiger partial charge is 0.274 e. The Morgan fingerprint density at radius 2 is 1.25 bits per heavy atom. The number of hydrogen-bond acceptors (Lipinski definition) is 3. The molecule has 6 heteroatoms. The van der Waals surface area contributed by atoms with Crippen LogP contribution in [0.3, 0.4) is 0 Å². The number of benzene rings is 2. The topological polar surface area (TPSA) is 71.1 Å². The first-order chi connectivity index (χ1) is 13.4. The lowest BCUT2D eigenvalue weighted by molar-refractivity contribution is 0.101. The van der Waals surface area contributed by atoms with Crippen LogP contribution in [0, 0.1) is 0 Å². The molecule has 28 heavy (non-hydrogen) atoms. The van der Waals surface area contributed by atoms with Crippen molar-refractivity contribution < 1.29 is 9.59 Å². The molecule has 0 spiro atoms. The molecular weight excluding hydrogens is 374 g/mol. The van der Waals surface area contributed by atoms with Crippen molar-refractivity contribution in [3.8, 4) is 0 Å². The Morgan fingerprint density at radius 3 is 1.71 bits per heavy atom. The summed E-state index contributed by atoms with van der Waals surface area (Å²) >= 11 is 5.84. The van der Waals surface area contributed by atoms with Crippen LogP contribution in [-0.4, -0.2) is 16.8 Å². The molecule has 1 heterocycles. The highest BCUT2D eigenvalue weighted by atomic mass is 35.5. The van der Waals surface area contributed by atoms with Crippen molar-refractivity contribution in [2.45, 2.75) is 19.8 Å². The Morgan fingerprint density at radius 1 is 0.786 bits per heavy atom. The van der Waals surface area contributed by atoms with Crippen molar-refractivity contribution >= 4 is 34.8 Å². The molecule has 0 unspecified atom stereocenters. The summed E-state index contributed by atoms with van der Waals surface area (Å²) in [6, 6.07) is 19.1. The van der Waals surface area contributed by atoms with E-state index in [2.05, 4.69) is 29.5 Å². The van der Waals surface area contributed by atoms with Gasteiger partial charge in [0.05, 0.1) is 0 Å². The average Bonchev–Trinajstić information content (AvgIpc) is 2.70. The first-order valence-corrected chi connectivity index (χ1v) is 9.25. The zero-order valence-corrected chi connectivity index (χ0v) is 16.3. The molecule has 0 radical (unpaired) electrons. The second-order valence-corrected chi connectivity index (χ2v) is 7.04. The Hall–Kier alpha value is -3.18. The summed E-state index contributed by atoms with van der Waals surface area (Å²) in [5.41, 5.74) is 2.77. The third-order valence-electron chi connectivity index (χ3n) is 4.15. The molecule has 2 aromatic carbocycles. The maximum Gasteiger partial charge on any atom is 0.274 e. The Balaban J connectivity index is 1.70. The highest BCUT2D eigenvalue weighted by Gasteiger charge is 2.13. The SMILES string of the molecule is CC(C)c1ccc(NC(=O)c2cccc(C(=O)Nc3ccc(Cl)cc3)n2)cc1. The number of pyridine rings is 1. The van der Waals surface area contributed by atoms with E-state index in [0.717, 1.165) is 0 Å². The summed E-state index contributed by atoms with van der Waals surface area (Å²) in [7, 11) is 0. The summed E-state index contributed by atoms with van der Waals surface area (Å²) < 4.78 is 0. The molecule has 0 aliphatic carbocycles. The van der Waals surface area contributed by atoms with Crippen LogP contribution in [0.15, 0.2) is 66.7 Å². The van der Waals surface area contributed by atoms with Gasteiger partial charge in [0.1, 0.15) is 11.4 Å². The van der Waals surface area contributed by atoms with Crippen LogP contribution >= 0.6 is 11.6 Å². The number of hydrogen-bond donors (Lipinski definition) is 2. The lowest BCUT2D eigenvalue weighted by atomic mass is 10.0. The van der Waals surface area contributed by atoms with Crippen LogP contribution < -0.4 is 10.6 Å². The average molecular weight is 394 g/mol. The lowest BCUT2D eigenvalue weighted by Crippen LogP contribution is -2.18. The molecule has 142 valence electrons. The second-order valence-electron chi connectivity index (χ2n) is 6.60. The molecule has 0 atom stereocenters. The van der Waals surface area contributed by atoms with Gasteiger partial charge in [-0.25, -0.2) is 4.98 Å². The summed E-state index contributed by atoms with van der Waals surface area (Å²) in [4.78, 5) is 29.1. The molecule has 0 fully saturated rings. The maximum atomic E-state index is 12.5. The third kappa shape index (κ3) is 4.96. The number of carbonyl (C=O) groups excluding carboxylic acids is 2. The van der Waals surface area contributed by atoms with E-state index in [0.29, 0.717) is 22.3 Å². The number of aromatic nitrogens is 1. The van der Waals surface area contributed by atoms with Gasteiger partial charge >= 0.3 is 0 Å². The first kappa shape index (κ1) is 19.6. The molecule has 0 aliphatic rings. The van der Waals surface area contributed by atoms with Crippen LogP contribution in [0.1, 0.15) is 46.3 Å². The Kier molecular flexibility index (Phi) is 6.06. The van der Waals surface area contributed by atoms with Crippen molar-refractivity contribution in [1.82, 2.24) is 4.98 Å². The summed E-state index contributed by atoms with van der Waals surface area (Å²) in [6.45, 7) is 4.22. The monoisotopic (exact) mass is 393 g/mol. The third-order valence-corrected chi connectivity index (χ3v) is 4.40. The van der Waals surface area contributed by atoms with E-state index >= 15 is 0 Å². The molecule has 0 bridgehead atoms. The zero-order valence-electron chi connectivity index (χ0n) is 15.6. The molecule has 0 saturated heterocycles. The highest BCUT2D eigenvalue weighted by Crippen LogP contribution is 2.18. The molecule has 2 N–H and O–H groups in total. The van der Waals surface area contributed by atoms with E-state index in [1.54, 1.807) is 42.5 Å². The Bertz CT molecular complexity index is 983. The largest absolute Gasteiger partial charge is 0.321 e. The van der Waals surface area contributed by atoms with Gasteiger partial charge in [0.2, 0.25) is 0 Å². The van der Waals surface area contributed by atoms with E-state index in [4.69, 9.17) is 11.6 Å². The molecular formula is C22H20ClN3O2. The fourth-order valence-electron chi connectivity index (χ4n) is 2.56. The van der Waals surface area contributed by atoms with Crippen molar-refractivity contribution in [2.75, 3.05) is 10.6 Å². The fourth-order valence-corrected chi connectivity index (χ4v) is 2.69. The van der Waals surface area contributed by atoms with Crippen LogP contribution in [0.4, 0.5) is 11.4 Å². The quantitative estimate of drug-likeness (QED) is 0.612. The van der Waals surface area contributed by atoms with Gasteiger partial charge in [-0.2, -0.15) is 0 Å². The summed E-state index contributed by atoms with van der Waals surface area (Å²) in [5.74, 6) is -0.362. The minimum Gasteiger partial charge on any atom is -0.321 e. The van der Waals surface area contributed by atoms with Crippen LogP contribution in [0.25, 0.3) is 0 Å². The van der Waals surface area contributed by atoms with Gasteiger partial charge in [-0.05, 0) is 60.0 Å². The molecule has 2 amide bonds. The van der Waals surface area contributed by atoms with Gasteiger partial charge in [-0.3, -0.25) is 9.59 Å². The molecule has 1 aromatic heterocycles. The number of halogens is 1. The van der Waals surface area contributed by atoms with E-state index in [9.17, 15) is 9.59 Å². The van der Waals surface area contributed by atoms with Crippen LogP contribution in [-0.2, 0) is 0 Å². The molecule has 3 aromatic rings. The predicted octanol–water partition coefficient (Wildman–Crippen LogP) is 5.36. The maximum absolute atomic E-state index is 12.5. The summed E-state index contributed by atoms with van der Waals surface area (Å²) in [5, 5.41) is 6.10. The van der Waals surface area contributed by atoms with Crippen molar-refractivity contribution in [3.63, 3.8) is 0 Å². The first-order valence-electron chi connectivity index (χ1n) is 8.87. The van der Waals surface area contributed by atoms with Crippen LogP contribution in [0.5, 0.6) is 0 Å². The van der Waals surface area contributed by atoms with Crippen molar-refractivity contribution in [3.05, 3.63) is 88.7 Å². The van der Waals surface area contributed by atoms with E-state index in [1.165, 1.54) is 5.56 Å². The highest BCUT2D eigenvalue weighted by molar-refractivity contribution is 6.30. The number of anilines is 2. The van der Waals surface area contributed by atoms with Gasteiger partial charge in [0.15, 0.2) is 0 Å². The van der Waals surface area contributed by atoms with Crippen molar-refractivity contribution in [2.24, 2.45) is 0 Å². The number of carbonyl (C=O) groups is 2. The van der Waals surface area contributed by atoms with Gasteiger partial charge in [-0.15, -0.1) is 0 Å². The number of amides is 2. The van der Waals surface area contributed by atoms with Gasteiger partial charge in [0, 0.05) is 16.4 Å². The van der Waals surface area contributed by atoms with E-state index < -0.39 is 5.91 Å². The molecule has 0 saturated carbocycles. The normalized spacial score (nSPS) is 10.6. The number of nitrogens with one attached hydrogen (secondary N) is 2. The van der Waals surface area contributed by atoms with Gasteiger partial charge in [-0.1, -0.05) is 43.6 Å². The molecule has 3 rings (SSSR count). The van der Waals surface area contributed by atoms with E-state index in [-0.39, 0.29) is 17.3 Å². The van der Waals surface area contributed by atoms with Gasteiger partial charge < -0.3 is 10.6 Å². The van der Waals surface area contributed by atoms with Gasteiger partial charge in [0.25, 0.3) is 11.8 Å². The minimum atomic E-state index is -0.404. The number of nitrogens with zero attached hydrogens (tertiary/aromatic N) is 1. The Labute approximate surface area is 168 Å². The second kappa shape index (κ2) is 8.67. The summed E-state index contributed by atoms with van der Waals surface area (Å²) in [6.07, 6.45) is 0. The number of rotatable bonds is 5. The van der Waals surface area contributed by atoms with E-state index in [1.807, 2.05) is 24.3 Å². The molecule has 5 nitrogen and oxygen atoms in total. The molecule has 0 aliphatic heterocycles. The van der Waals surface area contributed by atoms with Crippen molar-refractivity contribution in [1.29, 1.82) is 0 Å². The zero-order chi connectivity index (χ0) is 20.1. The van der Waals surface area contributed by atoms with Crippen LogP contribution in [0.2, 0.25) is 5.02 Å².